The van der Waals surface area contributed by atoms with E-state index in [1.807, 2.05) is 4.57 Å². The van der Waals surface area contributed by atoms with Gasteiger partial charge in [-0.1, -0.05) is 15.9 Å². The minimum Gasteiger partial charge on any atom is -0.388 e. The molecule has 1 saturated carbocycles. The van der Waals surface area contributed by atoms with Crippen molar-refractivity contribution in [3.05, 3.63) is 34.3 Å². The van der Waals surface area contributed by atoms with E-state index in [1.54, 1.807) is 12.1 Å². The molecule has 0 spiro atoms. The van der Waals surface area contributed by atoms with Gasteiger partial charge in [0.1, 0.15) is 12.4 Å². The standard InChI is InChI=1S/C12H11BrFN3O/c13-7-1-4-10(14)9(5-7)12-16-15-11(6-18)17(12)8-2-3-8/h1,4-5,8,18H,2-3,6H2. The zero-order valence-corrected chi connectivity index (χ0v) is 11.1. The Kier molecular flexibility index (Phi) is 2.91. The quantitative estimate of drug-likeness (QED) is 0.948. The highest BCUT2D eigenvalue weighted by molar-refractivity contribution is 9.10. The van der Waals surface area contributed by atoms with Gasteiger partial charge in [-0.3, -0.25) is 0 Å². The van der Waals surface area contributed by atoms with Crippen LogP contribution in [-0.2, 0) is 6.61 Å². The minimum atomic E-state index is -0.336. The summed E-state index contributed by atoms with van der Waals surface area (Å²) < 4.78 is 16.5. The minimum absolute atomic E-state index is 0.181. The Hall–Kier alpha value is -1.27. The molecular formula is C12H11BrFN3O. The van der Waals surface area contributed by atoms with Crippen molar-refractivity contribution in [2.75, 3.05) is 0 Å². The molecule has 4 nitrogen and oxygen atoms in total. The smallest absolute Gasteiger partial charge is 0.167 e. The van der Waals surface area contributed by atoms with E-state index >= 15 is 0 Å². The van der Waals surface area contributed by atoms with Crippen LogP contribution in [0, 0.1) is 5.82 Å². The largest absolute Gasteiger partial charge is 0.388 e. The third kappa shape index (κ3) is 1.95. The monoisotopic (exact) mass is 311 g/mol. The van der Waals surface area contributed by atoms with Gasteiger partial charge in [-0.05, 0) is 31.0 Å². The van der Waals surface area contributed by atoms with E-state index in [2.05, 4.69) is 26.1 Å². The normalized spacial score (nSPS) is 15.1. The van der Waals surface area contributed by atoms with Crippen LogP contribution in [0.3, 0.4) is 0 Å². The molecule has 1 aliphatic rings. The first kappa shape index (κ1) is 11.8. The second-order valence-corrected chi connectivity index (χ2v) is 5.24. The zero-order valence-electron chi connectivity index (χ0n) is 9.48. The van der Waals surface area contributed by atoms with Crippen LogP contribution in [0.15, 0.2) is 22.7 Å². The van der Waals surface area contributed by atoms with E-state index < -0.39 is 0 Å². The van der Waals surface area contributed by atoms with Gasteiger partial charge in [0, 0.05) is 10.5 Å². The van der Waals surface area contributed by atoms with Crippen LogP contribution in [0.5, 0.6) is 0 Å². The Labute approximate surface area is 112 Å². The second-order valence-electron chi connectivity index (χ2n) is 4.32. The lowest BCUT2D eigenvalue weighted by Gasteiger charge is -2.08. The lowest BCUT2D eigenvalue weighted by Crippen LogP contribution is -2.04. The third-order valence-electron chi connectivity index (χ3n) is 2.99. The molecule has 18 heavy (non-hydrogen) atoms. The Bertz CT molecular complexity index is 595. The van der Waals surface area contributed by atoms with Crippen molar-refractivity contribution >= 4 is 15.9 Å². The summed E-state index contributed by atoms with van der Waals surface area (Å²) in [6.45, 7) is -0.181. The van der Waals surface area contributed by atoms with Crippen LogP contribution >= 0.6 is 15.9 Å². The number of hydrogen-bond acceptors (Lipinski definition) is 3. The highest BCUT2D eigenvalue weighted by atomic mass is 79.9. The van der Waals surface area contributed by atoms with Crippen molar-refractivity contribution in [2.24, 2.45) is 0 Å². The number of rotatable bonds is 3. The summed E-state index contributed by atoms with van der Waals surface area (Å²) >= 11 is 3.32. The summed E-state index contributed by atoms with van der Waals surface area (Å²) in [5.41, 5.74) is 0.406. The molecule has 94 valence electrons. The molecular weight excluding hydrogens is 301 g/mol. The Morgan fingerprint density at radius 2 is 2.17 bits per heavy atom. The molecule has 1 fully saturated rings. The molecule has 0 unspecified atom stereocenters. The molecule has 0 amide bonds. The van der Waals surface area contributed by atoms with E-state index in [0.29, 0.717) is 17.2 Å². The first-order valence-corrected chi connectivity index (χ1v) is 6.50. The summed E-state index contributed by atoms with van der Waals surface area (Å²) in [7, 11) is 0. The predicted octanol–water partition coefficient (Wildman–Crippen LogP) is 2.67. The van der Waals surface area contributed by atoms with E-state index in [0.717, 1.165) is 17.3 Å². The summed E-state index contributed by atoms with van der Waals surface area (Å²) in [6, 6.07) is 5.00. The summed E-state index contributed by atoms with van der Waals surface area (Å²) in [6.07, 6.45) is 2.04. The molecule has 0 bridgehead atoms. The van der Waals surface area contributed by atoms with Crippen LogP contribution in [0.2, 0.25) is 0 Å². The lowest BCUT2D eigenvalue weighted by molar-refractivity contribution is 0.265. The fraction of sp³-hybridized carbons (Fsp3) is 0.333. The summed E-state index contributed by atoms with van der Waals surface area (Å²) in [5.74, 6) is 0.643. The number of aliphatic hydroxyl groups is 1. The Morgan fingerprint density at radius 1 is 1.39 bits per heavy atom. The lowest BCUT2D eigenvalue weighted by atomic mass is 10.2. The van der Waals surface area contributed by atoms with Gasteiger partial charge in [-0.2, -0.15) is 0 Å². The molecule has 0 atom stereocenters. The van der Waals surface area contributed by atoms with E-state index in [1.165, 1.54) is 6.07 Å². The summed E-state index contributed by atoms with van der Waals surface area (Å²) in [4.78, 5) is 0. The van der Waals surface area contributed by atoms with Crippen molar-refractivity contribution in [1.82, 2.24) is 14.8 Å². The number of nitrogens with zero attached hydrogens (tertiary/aromatic N) is 3. The zero-order chi connectivity index (χ0) is 12.7. The SMILES string of the molecule is OCc1nnc(-c2cc(Br)ccc2F)n1C1CC1. The predicted molar refractivity (Wildman–Crippen MR) is 67.3 cm³/mol. The van der Waals surface area contributed by atoms with Crippen molar-refractivity contribution in [3.8, 4) is 11.4 Å². The number of benzene rings is 1. The maximum Gasteiger partial charge on any atom is 0.167 e. The highest BCUT2D eigenvalue weighted by Crippen LogP contribution is 2.39. The first-order chi connectivity index (χ1) is 8.70. The molecule has 0 aliphatic heterocycles. The molecule has 1 aromatic carbocycles. The molecule has 6 heteroatoms. The number of aliphatic hydroxyl groups excluding tert-OH is 1. The third-order valence-corrected chi connectivity index (χ3v) is 3.48. The van der Waals surface area contributed by atoms with E-state index in [9.17, 15) is 9.50 Å². The van der Waals surface area contributed by atoms with Gasteiger partial charge >= 0.3 is 0 Å². The fourth-order valence-corrected chi connectivity index (χ4v) is 2.36. The van der Waals surface area contributed by atoms with Crippen molar-refractivity contribution in [3.63, 3.8) is 0 Å². The Balaban J connectivity index is 2.16. The molecule has 2 aromatic rings. The van der Waals surface area contributed by atoms with E-state index in [-0.39, 0.29) is 18.5 Å². The number of hydrogen-bond donors (Lipinski definition) is 1. The topological polar surface area (TPSA) is 50.9 Å². The van der Waals surface area contributed by atoms with Gasteiger partial charge in [-0.15, -0.1) is 10.2 Å². The maximum absolute atomic E-state index is 13.9. The van der Waals surface area contributed by atoms with Crippen LogP contribution in [0.4, 0.5) is 4.39 Å². The van der Waals surface area contributed by atoms with Gasteiger partial charge in [0.05, 0.1) is 5.56 Å². The first-order valence-electron chi connectivity index (χ1n) is 5.70. The van der Waals surface area contributed by atoms with Gasteiger partial charge in [-0.25, -0.2) is 4.39 Å². The molecule has 1 heterocycles. The molecule has 1 aliphatic carbocycles. The van der Waals surface area contributed by atoms with Crippen LogP contribution in [-0.4, -0.2) is 19.9 Å². The fourth-order valence-electron chi connectivity index (χ4n) is 2.00. The molecule has 0 saturated heterocycles. The van der Waals surface area contributed by atoms with Crippen LogP contribution in [0.25, 0.3) is 11.4 Å². The average molecular weight is 312 g/mol. The molecule has 0 radical (unpaired) electrons. The highest BCUT2D eigenvalue weighted by Gasteiger charge is 2.30. The van der Waals surface area contributed by atoms with Crippen molar-refractivity contribution in [2.45, 2.75) is 25.5 Å². The Morgan fingerprint density at radius 3 is 2.83 bits per heavy atom. The molecule has 3 rings (SSSR count). The average Bonchev–Trinajstić information content (AvgIpc) is 3.12. The molecule has 1 N–H and O–H groups in total. The van der Waals surface area contributed by atoms with E-state index in [4.69, 9.17) is 0 Å². The molecule has 1 aromatic heterocycles. The van der Waals surface area contributed by atoms with Crippen molar-refractivity contribution in [1.29, 1.82) is 0 Å². The van der Waals surface area contributed by atoms with Gasteiger partial charge < -0.3 is 9.67 Å². The second kappa shape index (κ2) is 4.44. The van der Waals surface area contributed by atoms with Crippen LogP contribution in [0.1, 0.15) is 24.7 Å². The number of halogens is 2. The number of aromatic nitrogens is 3. The van der Waals surface area contributed by atoms with Gasteiger partial charge in [0.2, 0.25) is 0 Å². The van der Waals surface area contributed by atoms with Gasteiger partial charge in [0.25, 0.3) is 0 Å². The van der Waals surface area contributed by atoms with Crippen molar-refractivity contribution < 1.29 is 9.50 Å². The van der Waals surface area contributed by atoms with Gasteiger partial charge in [0.15, 0.2) is 11.6 Å². The van der Waals surface area contributed by atoms with Crippen LogP contribution < -0.4 is 0 Å². The maximum atomic E-state index is 13.9. The summed E-state index contributed by atoms with van der Waals surface area (Å²) in [5, 5.41) is 17.2.